The SMILES string of the molecule is Cc1ccccc1-c1nc(CNC(=O)CC#N)cs1. The number of benzene rings is 1. The zero-order chi connectivity index (χ0) is 13.7. The van der Waals surface area contributed by atoms with E-state index in [1.165, 1.54) is 5.56 Å². The molecular weight excluding hydrogens is 258 g/mol. The van der Waals surface area contributed by atoms with Gasteiger partial charge in [-0.3, -0.25) is 4.79 Å². The number of nitrogens with one attached hydrogen (secondary N) is 1. The minimum atomic E-state index is -0.270. The van der Waals surface area contributed by atoms with Crippen LogP contribution in [-0.2, 0) is 11.3 Å². The topological polar surface area (TPSA) is 65.8 Å². The molecule has 4 nitrogen and oxygen atoms in total. The van der Waals surface area contributed by atoms with Gasteiger partial charge in [-0.1, -0.05) is 24.3 Å². The van der Waals surface area contributed by atoms with Gasteiger partial charge >= 0.3 is 0 Å². The van der Waals surface area contributed by atoms with Gasteiger partial charge in [0.15, 0.2) is 0 Å². The van der Waals surface area contributed by atoms with E-state index in [4.69, 9.17) is 5.26 Å². The van der Waals surface area contributed by atoms with Crippen LogP contribution in [-0.4, -0.2) is 10.9 Å². The van der Waals surface area contributed by atoms with E-state index in [-0.39, 0.29) is 12.3 Å². The van der Waals surface area contributed by atoms with Crippen LogP contribution in [0.1, 0.15) is 17.7 Å². The second-order valence-electron chi connectivity index (χ2n) is 4.07. The first-order valence-corrected chi connectivity index (χ1v) is 6.72. The first-order valence-electron chi connectivity index (χ1n) is 5.85. The smallest absolute Gasteiger partial charge is 0.234 e. The Bertz CT molecular complexity index is 628. The van der Waals surface area contributed by atoms with E-state index in [1.54, 1.807) is 11.3 Å². The number of carbonyl (C=O) groups excluding carboxylic acids is 1. The van der Waals surface area contributed by atoms with E-state index in [2.05, 4.69) is 10.3 Å². The molecule has 1 aromatic heterocycles. The second-order valence-corrected chi connectivity index (χ2v) is 4.93. The van der Waals surface area contributed by atoms with Gasteiger partial charge in [-0.25, -0.2) is 4.98 Å². The molecule has 1 aromatic carbocycles. The molecule has 1 N–H and O–H groups in total. The Balaban J connectivity index is 2.06. The lowest BCUT2D eigenvalue weighted by molar-refractivity contribution is -0.120. The van der Waals surface area contributed by atoms with Gasteiger partial charge in [0, 0.05) is 10.9 Å². The largest absolute Gasteiger partial charge is 0.350 e. The van der Waals surface area contributed by atoms with Crippen LogP contribution in [0.15, 0.2) is 29.6 Å². The summed E-state index contributed by atoms with van der Waals surface area (Å²) >= 11 is 1.55. The zero-order valence-corrected chi connectivity index (χ0v) is 11.3. The number of aryl methyl sites for hydroxylation is 1. The predicted molar refractivity (Wildman–Crippen MR) is 74.4 cm³/mol. The quantitative estimate of drug-likeness (QED) is 0.929. The number of nitriles is 1. The highest BCUT2D eigenvalue weighted by atomic mass is 32.1. The van der Waals surface area contributed by atoms with Gasteiger partial charge in [0.05, 0.1) is 18.3 Å². The van der Waals surface area contributed by atoms with Crippen LogP contribution in [0.5, 0.6) is 0 Å². The average Bonchev–Trinajstić information content (AvgIpc) is 2.86. The van der Waals surface area contributed by atoms with Gasteiger partial charge in [0.2, 0.25) is 5.91 Å². The lowest BCUT2D eigenvalue weighted by atomic mass is 10.1. The van der Waals surface area contributed by atoms with E-state index < -0.39 is 0 Å². The molecule has 0 fully saturated rings. The van der Waals surface area contributed by atoms with Crippen LogP contribution in [0.25, 0.3) is 10.6 Å². The Morgan fingerprint density at radius 3 is 3.00 bits per heavy atom. The summed E-state index contributed by atoms with van der Waals surface area (Å²) in [7, 11) is 0. The van der Waals surface area contributed by atoms with Crippen molar-refractivity contribution in [3.8, 4) is 16.6 Å². The Labute approximate surface area is 115 Å². The maximum absolute atomic E-state index is 11.2. The fourth-order valence-corrected chi connectivity index (χ4v) is 2.56. The van der Waals surface area contributed by atoms with Gasteiger partial charge in [-0.2, -0.15) is 5.26 Å². The molecule has 0 unspecified atom stereocenters. The summed E-state index contributed by atoms with van der Waals surface area (Å²) in [6.45, 7) is 2.41. The molecule has 2 rings (SSSR count). The number of rotatable bonds is 4. The highest BCUT2D eigenvalue weighted by Gasteiger charge is 2.07. The van der Waals surface area contributed by atoms with Crippen LogP contribution in [0.3, 0.4) is 0 Å². The van der Waals surface area contributed by atoms with E-state index >= 15 is 0 Å². The van der Waals surface area contributed by atoms with Gasteiger partial charge in [-0.05, 0) is 12.5 Å². The fourth-order valence-electron chi connectivity index (χ4n) is 1.65. The highest BCUT2D eigenvalue weighted by Crippen LogP contribution is 2.26. The van der Waals surface area contributed by atoms with Crippen LogP contribution in [0.2, 0.25) is 0 Å². The van der Waals surface area contributed by atoms with E-state index in [1.807, 2.05) is 42.6 Å². The number of nitrogens with zero attached hydrogens (tertiary/aromatic N) is 2. The third-order valence-corrected chi connectivity index (χ3v) is 3.56. The van der Waals surface area contributed by atoms with Crippen molar-refractivity contribution >= 4 is 17.2 Å². The number of aromatic nitrogens is 1. The lowest BCUT2D eigenvalue weighted by Gasteiger charge is -2.01. The third kappa shape index (κ3) is 3.39. The maximum Gasteiger partial charge on any atom is 0.234 e. The molecule has 19 heavy (non-hydrogen) atoms. The number of hydrogen-bond donors (Lipinski definition) is 1. The average molecular weight is 271 g/mol. The van der Waals surface area contributed by atoms with Crippen molar-refractivity contribution in [3.05, 3.63) is 40.9 Å². The third-order valence-electron chi connectivity index (χ3n) is 2.63. The van der Waals surface area contributed by atoms with Crippen LogP contribution >= 0.6 is 11.3 Å². The summed E-state index contributed by atoms with van der Waals surface area (Å²) < 4.78 is 0. The minimum Gasteiger partial charge on any atom is -0.350 e. The molecule has 0 saturated carbocycles. The number of carbonyl (C=O) groups is 1. The fraction of sp³-hybridized carbons (Fsp3) is 0.214. The Morgan fingerprint density at radius 1 is 1.47 bits per heavy atom. The Morgan fingerprint density at radius 2 is 2.26 bits per heavy atom. The maximum atomic E-state index is 11.2. The van der Waals surface area contributed by atoms with Crippen LogP contribution < -0.4 is 5.32 Å². The molecule has 0 radical (unpaired) electrons. The molecule has 5 heteroatoms. The Kier molecular flexibility index (Phi) is 4.26. The number of amides is 1. The van der Waals surface area contributed by atoms with Gasteiger partial charge < -0.3 is 5.32 Å². The molecule has 0 atom stereocenters. The molecule has 0 spiro atoms. The van der Waals surface area contributed by atoms with Gasteiger partial charge in [-0.15, -0.1) is 11.3 Å². The summed E-state index contributed by atoms with van der Waals surface area (Å²) in [5, 5.41) is 13.9. The molecule has 0 saturated heterocycles. The minimum absolute atomic E-state index is 0.116. The molecule has 0 aliphatic heterocycles. The molecule has 0 aliphatic rings. The monoisotopic (exact) mass is 271 g/mol. The van der Waals surface area contributed by atoms with Crippen molar-refractivity contribution in [2.24, 2.45) is 0 Å². The molecule has 1 amide bonds. The van der Waals surface area contributed by atoms with Crippen molar-refractivity contribution in [3.63, 3.8) is 0 Å². The van der Waals surface area contributed by atoms with Crippen molar-refractivity contribution in [2.75, 3.05) is 0 Å². The second kappa shape index (κ2) is 6.12. The zero-order valence-electron chi connectivity index (χ0n) is 10.5. The highest BCUT2D eigenvalue weighted by molar-refractivity contribution is 7.13. The Hall–Kier alpha value is -2.19. The normalized spacial score (nSPS) is 9.89. The van der Waals surface area contributed by atoms with Crippen LogP contribution in [0.4, 0.5) is 0 Å². The molecular formula is C14H13N3OS. The van der Waals surface area contributed by atoms with Crippen molar-refractivity contribution < 1.29 is 4.79 Å². The molecule has 0 aliphatic carbocycles. The van der Waals surface area contributed by atoms with Crippen molar-refractivity contribution in [1.82, 2.24) is 10.3 Å². The lowest BCUT2D eigenvalue weighted by Crippen LogP contribution is -2.21. The molecule has 1 heterocycles. The van der Waals surface area contributed by atoms with E-state index in [9.17, 15) is 4.79 Å². The number of hydrogen-bond acceptors (Lipinski definition) is 4. The van der Waals surface area contributed by atoms with E-state index in [0.29, 0.717) is 6.54 Å². The first kappa shape index (κ1) is 13.2. The first-order chi connectivity index (χ1) is 9.20. The molecule has 0 bridgehead atoms. The van der Waals surface area contributed by atoms with Crippen LogP contribution in [0, 0.1) is 18.3 Å². The standard InChI is InChI=1S/C14H13N3OS/c1-10-4-2-3-5-12(10)14-17-11(9-19-14)8-16-13(18)6-7-15/h2-5,9H,6,8H2,1H3,(H,16,18). The summed E-state index contributed by atoms with van der Waals surface area (Å²) in [4.78, 5) is 15.7. The van der Waals surface area contributed by atoms with E-state index in [0.717, 1.165) is 16.3 Å². The summed E-state index contributed by atoms with van der Waals surface area (Å²) in [6.07, 6.45) is -0.116. The van der Waals surface area contributed by atoms with Gasteiger partial charge in [0.1, 0.15) is 11.4 Å². The summed E-state index contributed by atoms with van der Waals surface area (Å²) in [6, 6.07) is 9.87. The molecule has 96 valence electrons. The number of thiazole rings is 1. The van der Waals surface area contributed by atoms with Gasteiger partial charge in [0.25, 0.3) is 0 Å². The summed E-state index contributed by atoms with van der Waals surface area (Å²) in [5.41, 5.74) is 3.11. The summed E-state index contributed by atoms with van der Waals surface area (Å²) in [5.74, 6) is -0.270. The predicted octanol–water partition coefficient (Wildman–Crippen LogP) is 2.65. The van der Waals surface area contributed by atoms with Crippen molar-refractivity contribution in [1.29, 1.82) is 5.26 Å². The van der Waals surface area contributed by atoms with Crippen molar-refractivity contribution in [2.45, 2.75) is 19.9 Å². The molecule has 2 aromatic rings.